The molecule has 0 radical (unpaired) electrons. The molecule has 4 heterocycles. The summed E-state index contributed by atoms with van der Waals surface area (Å²) in [6.07, 6.45) is 0. The van der Waals surface area contributed by atoms with Crippen molar-refractivity contribution in [3.8, 4) is 0 Å². The summed E-state index contributed by atoms with van der Waals surface area (Å²) in [5.74, 6) is 4.19. The van der Waals surface area contributed by atoms with E-state index in [4.69, 9.17) is 8.83 Å². The summed E-state index contributed by atoms with van der Waals surface area (Å²) in [5, 5.41) is 0. The summed E-state index contributed by atoms with van der Waals surface area (Å²) in [6.45, 7) is 30.0. The van der Waals surface area contributed by atoms with Crippen LogP contribution in [0.2, 0.25) is 0 Å². The third-order valence-electron chi connectivity index (χ3n) is 8.22. The molecule has 38 heavy (non-hydrogen) atoms. The van der Waals surface area contributed by atoms with Crippen LogP contribution in [-0.2, 0) is 17.1 Å². The van der Waals surface area contributed by atoms with Crippen molar-refractivity contribution < 1.29 is 17.3 Å². The van der Waals surface area contributed by atoms with Gasteiger partial charge in [0.05, 0.1) is 10.6 Å². The largest absolute Gasteiger partial charge is 0.466 e. The Bertz CT molecular complexity index is 1300. The zero-order valence-electron chi connectivity index (χ0n) is 26.4. The van der Waals surface area contributed by atoms with Gasteiger partial charge in [0.15, 0.2) is 0 Å². The zero-order chi connectivity index (χ0) is 29.9. The van der Waals surface area contributed by atoms with Crippen molar-refractivity contribution in [3.05, 3.63) is 78.3 Å². The van der Waals surface area contributed by atoms with Crippen LogP contribution in [0.3, 0.4) is 0 Å². The van der Waals surface area contributed by atoms with Crippen LogP contribution in [0.1, 0.15) is 88.6 Å². The van der Waals surface area contributed by atoms with Crippen LogP contribution in [0.25, 0.3) is 0 Å². The van der Waals surface area contributed by atoms with Crippen LogP contribution in [0.15, 0.2) is 23.7 Å². The molecule has 4 rings (SSSR count). The number of hydrogen-bond acceptors (Lipinski definition) is 4. The highest BCUT2D eigenvalue weighted by atomic mass is 32.2. The molecule has 0 saturated heterocycles. The van der Waals surface area contributed by atoms with Crippen molar-refractivity contribution in [3.63, 3.8) is 0 Å². The molecular formula is C31H48N2O4S. The highest BCUT2D eigenvalue weighted by molar-refractivity contribution is 7.94. The molecule has 0 bridgehead atoms. The lowest BCUT2D eigenvalue weighted by molar-refractivity contribution is 0.500. The molecule has 0 aliphatic carbocycles. The first-order valence-corrected chi connectivity index (χ1v) is 14.3. The fraction of sp³-hybridized carbons (Fsp3) is 0.516. The molecule has 0 amide bonds. The van der Waals surface area contributed by atoms with Gasteiger partial charge in [-0.2, -0.15) is 12.8 Å². The molecule has 0 fully saturated rings. The van der Waals surface area contributed by atoms with Gasteiger partial charge in [0.25, 0.3) is 10.0 Å². The van der Waals surface area contributed by atoms with Crippen LogP contribution >= 0.6 is 0 Å². The quantitative estimate of drug-likeness (QED) is 0.285. The van der Waals surface area contributed by atoms with Crippen molar-refractivity contribution in [1.82, 2.24) is 4.57 Å². The minimum atomic E-state index is -3.26. The third-order valence-corrected chi connectivity index (χ3v) is 9.81. The fourth-order valence-corrected chi connectivity index (χ4v) is 5.05. The van der Waals surface area contributed by atoms with Gasteiger partial charge in [0.1, 0.15) is 23.0 Å². The van der Waals surface area contributed by atoms with Crippen LogP contribution in [0.5, 0.6) is 0 Å². The lowest BCUT2D eigenvalue weighted by atomic mass is 10.2. The van der Waals surface area contributed by atoms with E-state index < -0.39 is 10.0 Å². The number of allylic oxidation sites excluding steroid dienone is 2. The molecule has 3 aromatic rings. The minimum Gasteiger partial charge on any atom is -0.466 e. The lowest BCUT2D eigenvalue weighted by Crippen LogP contribution is -1.92. The predicted octanol–water partition coefficient (Wildman–Crippen LogP) is 8.37. The van der Waals surface area contributed by atoms with Crippen molar-refractivity contribution in [2.45, 2.75) is 104 Å². The Hall–Kier alpha value is -2.80. The molecule has 7 heteroatoms. The second-order valence-corrected chi connectivity index (χ2v) is 12.0. The number of hydrogen-bond donors (Lipinski definition) is 0. The monoisotopic (exact) mass is 544 g/mol. The zero-order valence-corrected chi connectivity index (χ0v) is 27.3. The molecule has 1 aliphatic heterocycles. The lowest BCUT2D eigenvalue weighted by Gasteiger charge is -1.98. The van der Waals surface area contributed by atoms with E-state index in [2.05, 4.69) is 71.4 Å². The average Bonchev–Trinajstić information content (AvgIpc) is 3.35. The van der Waals surface area contributed by atoms with Gasteiger partial charge < -0.3 is 13.4 Å². The molecule has 0 spiro atoms. The SMILES string of the molecule is CC1=NS(=O)(=O)C(C)=C1C.Cc1c(C)c(C)n(C)c1C.Cc1oc(C)c(C)c1C.Cc1oc(C)c(C)c1C. The van der Waals surface area contributed by atoms with E-state index in [9.17, 15) is 8.42 Å². The van der Waals surface area contributed by atoms with E-state index in [1.165, 1.54) is 44.8 Å². The van der Waals surface area contributed by atoms with Crippen LogP contribution in [0, 0.1) is 83.1 Å². The van der Waals surface area contributed by atoms with Gasteiger partial charge in [0.2, 0.25) is 0 Å². The molecule has 1 aliphatic rings. The second kappa shape index (κ2) is 12.8. The Morgan fingerprint density at radius 2 is 0.816 bits per heavy atom. The van der Waals surface area contributed by atoms with Gasteiger partial charge in [0, 0.05) is 18.4 Å². The Labute approximate surface area is 230 Å². The molecule has 0 unspecified atom stereocenters. The first-order chi connectivity index (χ1) is 17.3. The molecule has 0 aromatic carbocycles. The smallest absolute Gasteiger partial charge is 0.278 e. The third kappa shape index (κ3) is 7.40. The van der Waals surface area contributed by atoms with Gasteiger partial charge in [-0.3, -0.25) is 0 Å². The van der Waals surface area contributed by atoms with E-state index in [0.29, 0.717) is 10.6 Å². The highest BCUT2D eigenvalue weighted by Crippen LogP contribution is 2.22. The highest BCUT2D eigenvalue weighted by Gasteiger charge is 2.22. The molecule has 6 nitrogen and oxygen atoms in total. The Kier molecular flexibility index (Phi) is 11.2. The summed E-state index contributed by atoms with van der Waals surface area (Å²) in [6, 6.07) is 0. The average molecular weight is 545 g/mol. The number of aromatic nitrogens is 1. The van der Waals surface area contributed by atoms with E-state index in [0.717, 1.165) is 28.6 Å². The maximum atomic E-state index is 10.9. The predicted molar refractivity (Wildman–Crippen MR) is 160 cm³/mol. The maximum absolute atomic E-state index is 10.9. The Balaban J connectivity index is 0.000000254. The first kappa shape index (κ1) is 33.2. The van der Waals surface area contributed by atoms with Crippen molar-refractivity contribution >= 4 is 15.7 Å². The van der Waals surface area contributed by atoms with E-state index in [1.807, 2.05) is 27.7 Å². The fourth-order valence-electron chi connectivity index (χ4n) is 3.88. The summed E-state index contributed by atoms with van der Waals surface area (Å²) < 4.78 is 38.3. The van der Waals surface area contributed by atoms with Gasteiger partial charge >= 0.3 is 0 Å². The summed E-state index contributed by atoms with van der Waals surface area (Å²) in [5.41, 5.74) is 12.2. The van der Waals surface area contributed by atoms with Crippen LogP contribution in [-0.4, -0.2) is 18.7 Å². The first-order valence-electron chi connectivity index (χ1n) is 12.9. The minimum absolute atomic E-state index is 0.380. The summed E-state index contributed by atoms with van der Waals surface area (Å²) in [4.78, 5) is 0.380. The van der Waals surface area contributed by atoms with E-state index in [1.54, 1.807) is 20.8 Å². The molecule has 0 N–H and O–H groups in total. The summed E-state index contributed by atoms with van der Waals surface area (Å²) >= 11 is 0. The second-order valence-electron chi connectivity index (χ2n) is 10.2. The molecule has 212 valence electrons. The number of furan rings is 2. The standard InChI is InChI=1S/C9H15N.2C8H12O.C6H9NO2S/c1-6-7(2)9(4)10(5)8(6)3;2*1-5-6(2)8(4)9-7(5)3;1-4-5(2)7-10(8,9)6(4)3/h1-5H3;2*1-4H3;1-3H3. The van der Waals surface area contributed by atoms with Crippen LogP contribution < -0.4 is 0 Å². The number of aryl methyl sites for hydroxylation is 4. The van der Waals surface area contributed by atoms with Gasteiger partial charge in [-0.1, -0.05) is 0 Å². The number of sulfonamides is 1. The van der Waals surface area contributed by atoms with Gasteiger partial charge in [-0.25, -0.2) is 0 Å². The van der Waals surface area contributed by atoms with Gasteiger partial charge in [-0.15, -0.1) is 0 Å². The normalized spacial score (nSPS) is 13.7. The summed E-state index contributed by atoms with van der Waals surface area (Å²) in [7, 11) is -1.14. The maximum Gasteiger partial charge on any atom is 0.278 e. The molecule has 0 atom stereocenters. The Morgan fingerprint density at radius 1 is 0.526 bits per heavy atom. The Morgan fingerprint density at radius 3 is 0.895 bits per heavy atom. The number of rotatable bonds is 0. The number of nitrogens with zero attached hydrogens (tertiary/aromatic N) is 2. The van der Waals surface area contributed by atoms with Gasteiger partial charge in [-0.05, 0) is 143 Å². The topological polar surface area (TPSA) is 77.7 Å². The van der Waals surface area contributed by atoms with Crippen LogP contribution in [0.4, 0.5) is 0 Å². The molecule has 3 aromatic heterocycles. The van der Waals surface area contributed by atoms with Crippen molar-refractivity contribution in [1.29, 1.82) is 0 Å². The molecule has 0 saturated carbocycles. The van der Waals surface area contributed by atoms with E-state index >= 15 is 0 Å². The van der Waals surface area contributed by atoms with Crippen molar-refractivity contribution in [2.75, 3.05) is 0 Å². The van der Waals surface area contributed by atoms with E-state index in [-0.39, 0.29) is 0 Å². The van der Waals surface area contributed by atoms with Crippen molar-refractivity contribution in [2.24, 2.45) is 11.4 Å². The molecular weight excluding hydrogens is 496 g/mol.